The summed E-state index contributed by atoms with van der Waals surface area (Å²) >= 11 is 0. The number of carbonyl (C=O) groups excluding carboxylic acids is 2. The zero-order valence-corrected chi connectivity index (χ0v) is 9.99. The summed E-state index contributed by atoms with van der Waals surface area (Å²) in [6.07, 6.45) is -1.20. The van der Waals surface area contributed by atoms with Crippen molar-refractivity contribution in [1.29, 1.82) is 0 Å². The topological polar surface area (TPSA) is 118 Å². The van der Waals surface area contributed by atoms with Crippen LogP contribution in [0.25, 0.3) is 0 Å². The van der Waals surface area contributed by atoms with Gasteiger partial charge < -0.3 is 21.9 Å². The molecule has 0 heterocycles. The zero-order chi connectivity index (χ0) is 12.9. The van der Waals surface area contributed by atoms with E-state index in [0.29, 0.717) is 0 Å². The first-order valence-electron chi connectivity index (χ1n) is 5.14. The molecule has 6 nitrogen and oxygen atoms in total. The van der Waals surface area contributed by atoms with E-state index in [-0.39, 0.29) is 30.3 Å². The first-order chi connectivity index (χ1) is 7.14. The fourth-order valence-corrected chi connectivity index (χ4v) is 0.889. The molecule has 2 atom stereocenters. The van der Waals surface area contributed by atoms with Crippen LogP contribution in [-0.4, -0.2) is 35.6 Å². The molecule has 0 rings (SSSR count). The van der Waals surface area contributed by atoms with Crippen LogP contribution >= 0.6 is 0 Å². The van der Waals surface area contributed by atoms with Gasteiger partial charge in [-0.3, -0.25) is 9.59 Å². The maximum atomic E-state index is 11.4. The maximum absolute atomic E-state index is 11.4. The molecule has 0 bridgehead atoms. The fourth-order valence-electron chi connectivity index (χ4n) is 0.889. The molecule has 0 radical (unpaired) electrons. The Morgan fingerprint density at radius 1 is 1.38 bits per heavy atom. The monoisotopic (exact) mass is 231 g/mol. The molecule has 0 aliphatic carbocycles. The second kappa shape index (κ2) is 5.81. The smallest absolute Gasteiger partial charge is 0.248 e. The van der Waals surface area contributed by atoms with Crippen molar-refractivity contribution in [1.82, 2.24) is 5.32 Å². The number of amides is 2. The number of nitrogens with one attached hydrogen (secondary N) is 1. The van der Waals surface area contributed by atoms with Crippen molar-refractivity contribution in [3.63, 3.8) is 0 Å². The molecule has 0 aromatic heterocycles. The predicted octanol–water partition coefficient (Wildman–Crippen LogP) is -1.29. The van der Waals surface area contributed by atoms with Crippen LogP contribution in [0.4, 0.5) is 0 Å². The first-order valence-corrected chi connectivity index (χ1v) is 5.14. The van der Waals surface area contributed by atoms with Crippen LogP contribution in [-0.2, 0) is 9.59 Å². The lowest BCUT2D eigenvalue weighted by molar-refractivity contribution is -0.127. The van der Waals surface area contributed by atoms with Gasteiger partial charge in [0.15, 0.2) is 0 Å². The lowest BCUT2D eigenvalue weighted by atomic mass is 9.85. The van der Waals surface area contributed by atoms with Gasteiger partial charge in [-0.25, -0.2) is 0 Å². The Kier molecular flexibility index (Phi) is 5.40. The van der Waals surface area contributed by atoms with E-state index in [4.69, 9.17) is 16.6 Å². The summed E-state index contributed by atoms with van der Waals surface area (Å²) in [6, 6.07) is -0.279. The van der Waals surface area contributed by atoms with Crippen LogP contribution in [0.3, 0.4) is 0 Å². The van der Waals surface area contributed by atoms with Crippen LogP contribution in [0.15, 0.2) is 0 Å². The summed E-state index contributed by atoms with van der Waals surface area (Å²) in [7, 11) is 0. The Bertz CT molecular complexity index is 261. The van der Waals surface area contributed by atoms with Gasteiger partial charge in [0.05, 0.1) is 6.54 Å². The van der Waals surface area contributed by atoms with Crippen LogP contribution in [0.1, 0.15) is 27.2 Å². The highest BCUT2D eigenvalue weighted by molar-refractivity contribution is 5.81. The summed E-state index contributed by atoms with van der Waals surface area (Å²) in [5, 5.41) is 11.4. The Morgan fingerprint density at radius 3 is 2.25 bits per heavy atom. The highest BCUT2D eigenvalue weighted by atomic mass is 16.3. The first kappa shape index (κ1) is 14.9. The molecule has 0 spiro atoms. The number of primary amides is 1. The Morgan fingerprint density at radius 2 is 1.88 bits per heavy atom. The molecule has 6 heteroatoms. The van der Waals surface area contributed by atoms with E-state index in [9.17, 15) is 9.59 Å². The van der Waals surface area contributed by atoms with Crippen molar-refractivity contribution in [3.8, 4) is 0 Å². The Labute approximate surface area is 95.4 Å². The normalized spacial score (nSPS) is 15.3. The molecule has 0 aliphatic rings. The van der Waals surface area contributed by atoms with Gasteiger partial charge in [-0.15, -0.1) is 0 Å². The summed E-state index contributed by atoms with van der Waals surface area (Å²) in [5.41, 5.74) is 10.5. The molecule has 0 fully saturated rings. The average molecular weight is 231 g/mol. The van der Waals surface area contributed by atoms with Crippen LogP contribution in [0.2, 0.25) is 0 Å². The summed E-state index contributed by atoms with van der Waals surface area (Å²) in [5.74, 6) is -1.16. The lowest BCUT2D eigenvalue weighted by Gasteiger charge is -2.26. The number of nitrogens with two attached hydrogens (primary N) is 2. The molecule has 0 saturated heterocycles. The van der Waals surface area contributed by atoms with Crippen LogP contribution in [0.5, 0.6) is 0 Å². The van der Waals surface area contributed by atoms with Crippen LogP contribution < -0.4 is 16.8 Å². The second-order valence-corrected chi connectivity index (χ2v) is 4.90. The molecule has 94 valence electrons. The summed E-state index contributed by atoms with van der Waals surface area (Å²) in [4.78, 5) is 21.9. The number of hydrogen-bond donors (Lipinski definition) is 4. The molecular formula is C10H21N3O3. The summed E-state index contributed by atoms with van der Waals surface area (Å²) < 4.78 is 0. The van der Waals surface area contributed by atoms with Crippen molar-refractivity contribution < 1.29 is 14.7 Å². The molecule has 0 saturated carbocycles. The molecule has 0 aliphatic heterocycles. The third-order valence-electron chi connectivity index (χ3n) is 2.34. The van der Waals surface area contributed by atoms with Crippen molar-refractivity contribution in [2.45, 2.75) is 39.3 Å². The minimum absolute atomic E-state index is 0.148. The van der Waals surface area contributed by atoms with Crippen molar-refractivity contribution in [2.24, 2.45) is 16.9 Å². The van der Waals surface area contributed by atoms with E-state index in [1.54, 1.807) is 0 Å². The van der Waals surface area contributed by atoms with Gasteiger partial charge in [-0.05, 0) is 5.41 Å². The van der Waals surface area contributed by atoms with Gasteiger partial charge in [0, 0.05) is 12.5 Å². The molecule has 0 aromatic carbocycles. The molecule has 2 unspecified atom stereocenters. The largest absolute Gasteiger partial charge is 0.381 e. The van der Waals surface area contributed by atoms with Crippen LogP contribution in [0, 0.1) is 5.41 Å². The van der Waals surface area contributed by atoms with E-state index in [2.05, 4.69) is 5.32 Å². The predicted molar refractivity (Wildman–Crippen MR) is 60.3 cm³/mol. The number of aliphatic hydroxyl groups excluding tert-OH is 1. The highest BCUT2D eigenvalue weighted by Gasteiger charge is 2.23. The Balaban J connectivity index is 3.97. The molecule has 0 aromatic rings. The van der Waals surface area contributed by atoms with Gasteiger partial charge in [0.25, 0.3) is 0 Å². The second-order valence-electron chi connectivity index (χ2n) is 4.90. The van der Waals surface area contributed by atoms with Gasteiger partial charge in [-0.2, -0.15) is 0 Å². The van der Waals surface area contributed by atoms with E-state index >= 15 is 0 Å². The van der Waals surface area contributed by atoms with Crippen molar-refractivity contribution >= 4 is 11.8 Å². The molecule has 16 heavy (non-hydrogen) atoms. The minimum Gasteiger partial charge on any atom is -0.381 e. The van der Waals surface area contributed by atoms with Crippen molar-refractivity contribution in [3.05, 3.63) is 0 Å². The average Bonchev–Trinajstić information content (AvgIpc) is 2.12. The summed E-state index contributed by atoms with van der Waals surface area (Å²) in [6.45, 7) is 5.63. The number of aliphatic hydroxyl groups is 1. The van der Waals surface area contributed by atoms with E-state index < -0.39 is 12.0 Å². The van der Waals surface area contributed by atoms with Gasteiger partial charge in [-0.1, -0.05) is 20.8 Å². The molecule has 6 N–H and O–H groups in total. The van der Waals surface area contributed by atoms with E-state index in [1.807, 2.05) is 20.8 Å². The number of rotatable bonds is 5. The molecule has 2 amide bonds. The SMILES string of the molecule is CC(C)(C)C(N)CC(=O)NCC(O)C(N)=O. The van der Waals surface area contributed by atoms with E-state index in [0.717, 1.165) is 0 Å². The highest BCUT2D eigenvalue weighted by Crippen LogP contribution is 2.19. The quantitative estimate of drug-likeness (QED) is 0.471. The third-order valence-corrected chi connectivity index (χ3v) is 2.34. The minimum atomic E-state index is -1.35. The van der Waals surface area contributed by atoms with Gasteiger partial charge in [0.1, 0.15) is 6.10 Å². The number of carbonyl (C=O) groups is 2. The van der Waals surface area contributed by atoms with E-state index in [1.165, 1.54) is 0 Å². The van der Waals surface area contributed by atoms with Gasteiger partial charge >= 0.3 is 0 Å². The van der Waals surface area contributed by atoms with Crippen molar-refractivity contribution in [2.75, 3.05) is 6.54 Å². The van der Waals surface area contributed by atoms with Gasteiger partial charge in [0.2, 0.25) is 11.8 Å². The standard InChI is InChI=1S/C10H21N3O3/c1-10(2,3)7(11)4-8(15)13-5-6(14)9(12)16/h6-7,14H,4-5,11H2,1-3H3,(H2,12,16)(H,13,15). The fraction of sp³-hybridized carbons (Fsp3) is 0.800. The third kappa shape index (κ3) is 5.67. The zero-order valence-electron chi connectivity index (χ0n) is 9.99. The maximum Gasteiger partial charge on any atom is 0.248 e. The number of hydrogen-bond acceptors (Lipinski definition) is 4. The molecular weight excluding hydrogens is 210 g/mol. The Hall–Kier alpha value is -1.14. The lowest BCUT2D eigenvalue weighted by Crippen LogP contribution is -2.44.